The fourth-order valence-electron chi connectivity index (χ4n) is 1.36. The summed E-state index contributed by atoms with van der Waals surface area (Å²) >= 11 is 1.02. The van der Waals surface area contributed by atoms with Crippen molar-refractivity contribution >= 4 is 17.7 Å². The highest BCUT2D eigenvalue weighted by Crippen LogP contribution is 2.21. The largest absolute Gasteiger partial charge is 0.394 e. The van der Waals surface area contributed by atoms with Crippen LogP contribution in [0.3, 0.4) is 0 Å². The van der Waals surface area contributed by atoms with Crippen LogP contribution in [0.4, 0.5) is 8.78 Å². The number of carbonyl (C=O) groups is 1. The van der Waals surface area contributed by atoms with Gasteiger partial charge in [0.1, 0.15) is 11.6 Å². The van der Waals surface area contributed by atoms with E-state index < -0.39 is 11.6 Å². The Labute approximate surface area is 120 Å². The van der Waals surface area contributed by atoms with Crippen molar-refractivity contribution in [2.45, 2.75) is 11.3 Å². The first-order valence-electron chi connectivity index (χ1n) is 6.16. The van der Waals surface area contributed by atoms with Gasteiger partial charge in [0.2, 0.25) is 5.91 Å². The number of hydrogen-bond donors (Lipinski definition) is 2. The van der Waals surface area contributed by atoms with Gasteiger partial charge in [0.25, 0.3) is 0 Å². The number of rotatable bonds is 9. The summed E-state index contributed by atoms with van der Waals surface area (Å²) in [5.74, 6) is -1.46. The number of carbonyl (C=O) groups excluding carboxylic acids is 1. The molecule has 0 saturated carbocycles. The Morgan fingerprint density at radius 2 is 2.15 bits per heavy atom. The molecular formula is C13H17F2NO3S. The molecule has 0 aliphatic heterocycles. The van der Waals surface area contributed by atoms with Crippen molar-refractivity contribution < 1.29 is 23.4 Å². The van der Waals surface area contributed by atoms with E-state index in [2.05, 4.69) is 5.32 Å². The van der Waals surface area contributed by atoms with Crippen molar-refractivity contribution in [1.29, 1.82) is 0 Å². The van der Waals surface area contributed by atoms with Gasteiger partial charge in [0.05, 0.1) is 19.0 Å². The highest BCUT2D eigenvalue weighted by Gasteiger charge is 2.07. The molecule has 0 fully saturated rings. The third-order valence-corrected chi connectivity index (χ3v) is 3.32. The first kappa shape index (κ1) is 16.9. The SMILES string of the molecule is O=C(CSc1ccc(F)cc1F)NCCCOCCO. The van der Waals surface area contributed by atoms with Crippen LogP contribution in [-0.4, -0.2) is 43.1 Å². The molecule has 4 nitrogen and oxygen atoms in total. The lowest BCUT2D eigenvalue weighted by molar-refractivity contribution is -0.118. The molecule has 0 aliphatic rings. The van der Waals surface area contributed by atoms with Crippen LogP contribution >= 0.6 is 11.8 Å². The van der Waals surface area contributed by atoms with Crippen molar-refractivity contribution in [1.82, 2.24) is 5.32 Å². The molecule has 0 aliphatic carbocycles. The third-order valence-electron chi connectivity index (χ3n) is 2.28. The molecule has 1 aromatic carbocycles. The lowest BCUT2D eigenvalue weighted by Gasteiger charge is -2.06. The maximum atomic E-state index is 13.3. The molecule has 0 heterocycles. The fraction of sp³-hybridized carbons (Fsp3) is 0.462. The van der Waals surface area contributed by atoms with Gasteiger partial charge in [-0.3, -0.25) is 4.79 Å². The molecular weight excluding hydrogens is 288 g/mol. The van der Waals surface area contributed by atoms with Crippen molar-refractivity contribution in [3.63, 3.8) is 0 Å². The van der Waals surface area contributed by atoms with E-state index in [1.807, 2.05) is 0 Å². The maximum absolute atomic E-state index is 13.3. The summed E-state index contributed by atoms with van der Waals surface area (Å²) in [6, 6.07) is 3.26. The summed E-state index contributed by atoms with van der Waals surface area (Å²) in [5, 5.41) is 11.1. The Bertz CT molecular complexity index is 432. The summed E-state index contributed by atoms with van der Waals surface area (Å²) < 4.78 is 31.0. The van der Waals surface area contributed by atoms with Crippen LogP contribution in [0.5, 0.6) is 0 Å². The first-order chi connectivity index (χ1) is 9.63. The number of aliphatic hydroxyl groups excluding tert-OH is 1. The zero-order valence-electron chi connectivity index (χ0n) is 10.9. The van der Waals surface area contributed by atoms with Crippen LogP contribution in [0.25, 0.3) is 0 Å². The molecule has 0 saturated heterocycles. The van der Waals surface area contributed by atoms with E-state index in [1.165, 1.54) is 6.07 Å². The first-order valence-corrected chi connectivity index (χ1v) is 7.15. The van der Waals surface area contributed by atoms with E-state index in [0.29, 0.717) is 19.6 Å². The van der Waals surface area contributed by atoms with Crippen LogP contribution in [0.15, 0.2) is 23.1 Å². The van der Waals surface area contributed by atoms with E-state index in [9.17, 15) is 13.6 Å². The molecule has 1 rings (SSSR count). The molecule has 20 heavy (non-hydrogen) atoms. The van der Waals surface area contributed by atoms with Crippen LogP contribution in [-0.2, 0) is 9.53 Å². The van der Waals surface area contributed by atoms with E-state index in [1.54, 1.807) is 0 Å². The van der Waals surface area contributed by atoms with Gasteiger partial charge in [-0.2, -0.15) is 0 Å². The van der Waals surface area contributed by atoms with E-state index in [0.717, 1.165) is 23.9 Å². The molecule has 0 unspecified atom stereocenters. The fourth-order valence-corrected chi connectivity index (χ4v) is 2.10. The predicted octanol–water partition coefficient (Wildman–Crippen LogP) is 1.57. The van der Waals surface area contributed by atoms with Gasteiger partial charge >= 0.3 is 0 Å². The average molecular weight is 305 g/mol. The Morgan fingerprint density at radius 1 is 1.35 bits per heavy atom. The van der Waals surface area contributed by atoms with Crippen molar-refractivity contribution in [2.24, 2.45) is 0 Å². The Balaban J connectivity index is 2.16. The maximum Gasteiger partial charge on any atom is 0.230 e. The van der Waals surface area contributed by atoms with Crippen LogP contribution in [0, 0.1) is 11.6 Å². The number of benzene rings is 1. The van der Waals surface area contributed by atoms with Gasteiger partial charge in [-0.15, -0.1) is 11.8 Å². The number of hydrogen-bond acceptors (Lipinski definition) is 4. The second-order valence-electron chi connectivity index (χ2n) is 3.90. The lowest BCUT2D eigenvalue weighted by Crippen LogP contribution is -2.27. The predicted molar refractivity (Wildman–Crippen MR) is 72.6 cm³/mol. The standard InChI is InChI=1S/C13H17F2NO3S/c14-10-2-3-12(11(15)8-10)20-9-13(18)16-4-1-6-19-7-5-17/h2-3,8,17H,1,4-7,9H2,(H,16,18). The molecule has 112 valence electrons. The quantitative estimate of drug-likeness (QED) is 0.537. The number of aliphatic hydroxyl groups is 1. The van der Waals surface area contributed by atoms with Crippen LogP contribution in [0.1, 0.15) is 6.42 Å². The summed E-state index contributed by atoms with van der Waals surface area (Å²) in [4.78, 5) is 11.7. The minimum absolute atomic E-state index is 0.0216. The molecule has 7 heteroatoms. The second-order valence-corrected chi connectivity index (χ2v) is 4.92. The number of nitrogens with one attached hydrogen (secondary N) is 1. The average Bonchev–Trinajstić information content (AvgIpc) is 2.41. The number of thioether (sulfide) groups is 1. The Morgan fingerprint density at radius 3 is 2.85 bits per heavy atom. The molecule has 0 atom stereocenters. The van der Waals surface area contributed by atoms with Crippen LogP contribution in [0.2, 0.25) is 0 Å². The van der Waals surface area contributed by atoms with Gasteiger partial charge in [-0.05, 0) is 18.6 Å². The zero-order chi connectivity index (χ0) is 14.8. The van der Waals surface area contributed by atoms with E-state index in [-0.39, 0.29) is 29.8 Å². The summed E-state index contributed by atoms with van der Waals surface area (Å²) in [6.45, 7) is 1.18. The molecule has 0 bridgehead atoms. The molecule has 0 radical (unpaired) electrons. The highest BCUT2D eigenvalue weighted by atomic mass is 32.2. The van der Waals surface area contributed by atoms with Gasteiger partial charge in [0.15, 0.2) is 0 Å². The molecule has 0 aromatic heterocycles. The minimum Gasteiger partial charge on any atom is -0.394 e. The molecule has 0 spiro atoms. The zero-order valence-corrected chi connectivity index (χ0v) is 11.7. The van der Waals surface area contributed by atoms with Gasteiger partial charge < -0.3 is 15.2 Å². The summed E-state index contributed by atoms with van der Waals surface area (Å²) in [5.41, 5.74) is 0. The van der Waals surface area contributed by atoms with Crippen molar-refractivity contribution in [3.05, 3.63) is 29.8 Å². The molecule has 1 aromatic rings. The minimum atomic E-state index is -0.666. The Kier molecular flexibility index (Phi) is 8.17. The third kappa shape index (κ3) is 6.83. The number of ether oxygens (including phenoxy) is 1. The van der Waals surface area contributed by atoms with Crippen LogP contribution < -0.4 is 5.32 Å². The summed E-state index contributed by atoms with van der Waals surface area (Å²) in [7, 11) is 0. The van der Waals surface area contributed by atoms with E-state index in [4.69, 9.17) is 9.84 Å². The second kappa shape index (κ2) is 9.68. The van der Waals surface area contributed by atoms with Crippen molar-refractivity contribution in [3.8, 4) is 0 Å². The lowest BCUT2D eigenvalue weighted by atomic mass is 10.3. The molecule has 2 N–H and O–H groups in total. The highest BCUT2D eigenvalue weighted by molar-refractivity contribution is 8.00. The summed E-state index contributed by atoms with van der Waals surface area (Å²) in [6.07, 6.45) is 0.640. The topological polar surface area (TPSA) is 58.6 Å². The van der Waals surface area contributed by atoms with E-state index >= 15 is 0 Å². The smallest absolute Gasteiger partial charge is 0.230 e. The monoisotopic (exact) mass is 305 g/mol. The Hall–Kier alpha value is -1.18. The normalized spacial score (nSPS) is 10.6. The van der Waals surface area contributed by atoms with Gasteiger partial charge in [0, 0.05) is 24.1 Å². The molecule has 1 amide bonds. The number of amides is 1. The van der Waals surface area contributed by atoms with Crippen molar-refractivity contribution in [2.75, 3.05) is 32.1 Å². The van der Waals surface area contributed by atoms with Gasteiger partial charge in [-0.25, -0.2) is 8.78 Å². The van der Waals surface area contributed by atoms with Gasteiger partial charge in [-0.1, -0.05) is 0 Å². The number of halogens is 2.